The number of aliphatic hydroxyl groups is 1. The van der Waals surface area contributed by atoms with Gasteiger partial charge in [-0.1, -0.05) is 112 Å². The summed E-state index contributed by atoms with van der Waals surface area (Å²) < 4.78 is 22.2. The lowest BCUT2D eigenvalue weighted by atomic mass is 9.85. The number of nitrogens with one attached hydrogen (secondary N) is 3. The minimum absolute atomic E-state index is 0.00461. The maximum absolute atomic E-state index is 15.3. The number of ether oxygens (including phenoxy) is 1. The van der Waals surface area contributed by atoms with Crippen LogP contribution in [0.15, 0.2) is 72.2 Å². The molecule has 91 heavy (non-hydrogen) atoms. The molecule has 0 aliphatic carbocycles. The molecule has 0 unspecified atom stereocenters. The summed E-state index contributed by atoms with van der Waals surface area (Å²) in [6, 6.07) is 18.7. The number of benzene rings is 3. The van der Waals surface area contributed by atoms with Crippen molar-refractivity contribution in [2.45, 2.75) is 149 Å². The number of carbonyl (C=O) groups excluding carboxylic acids is 3. The molecule has 3 aliphatic rings. The number of rotatable bonds is 26. The number of aryl methyl sites for hydroxylation is 2. The Morgan fingerprint density at radius 3 is 2.34 bits per heavy atom. The van der Waals surface area contributed by atoms with Crippen LogP contribution in [0.5, 0.6) is 5.75 Å². The van der Waals surface area contributed by atoms with Gasteiger partial charge in [0.1, 0.15) is 12.1 Å². The molecule has 5 N–H and O–H groups in total. The van der Waals surface area contributed by atoms with Crippen molar-refractivity contribution in [2.75, 3.05) is 69.2 Å². The maximum atomic E-state index is 15.3. The van der Waals surface area contributed by atoms with Gasteiger partial charge in [0.25, 0.3) is 0 Å². The molecule has 23 heteroatoms. The molecular formula is C68H83FN12O7S3. The number of piperazine rings is 1. The smallest absolute Gasteiger partial charge is 0.355 e. The van der Waals surface area contributed by atoms with Crippen LogP contribution in [0.2, 0.25) is 0 Å². The molecule has 10 rings (SSSR count). The van der Waals surface area contributed by atoms with Gasteiger partial charge in [-0.2, -0.15) is 0 Å². The summed E-state index contributed by atoms with van der Waals surface area (Å²) in [5.74, 6) is 5.27. The molecule has 0 radical (unpaired) electrons. The Balaban J connectivity index is 0.579. The second kappa shape index (κ2) is 30.8. The molecular weight excluding hydrogens is 1210 g/mol. The van der Waals surface area contributed by atoms with Crippen LogP contribution in [0.1, 0.15) is 148 Å². The van der Waals surface area contributed by atoms with Crippen LogP contribution in [0.25, 0.3) is 20.7 Å². The predicted molar refractivity (Wildman–Crippen MR) is 357 cm³/mol. The van der Waals surface area contributed by atoms with Gasteiger partial charge >= 0.3 is 5.97 Å². The summed E-state index contributed by atoms with van der Waals surface area (Å²) in [5.41, 5.74) is 7.62. The molecule has 4 atom stereocenters. The molecule has 3 aromatic carbocycles. The highest BCUT2D eigenvalue weighted by atomic mass is 32.1. The zero-order valence-corrected chi connectivity index (χ0v) is 55.3. The molecule has 2 fully saturated rings. The highest BCUT2D eigenvalue weighted by molar-refractivity contribution is 7.22. The standard InChI is InChI=1S/C68H83FN12O7S3/c1-43-50-20-17-33-80(62(50)77-76-61(43)75-66-72-52-21-13-14-22-55(52)90-66)67-74-58(65(86)87)56(91-67)23-18-38-88-54-30-25-46(39-51(54)69)19-16-32-79-36-34-78(35-37-79)31-15-11-9-7-8-10-12-24-57(83)73-60(68(4,5)6)64(85)81-41-49(82)40-53(81)63(84)71-44(2)47-26-28-48(29-27-47)59-45(3)70-42-89-59/h13-14,21-22,25-30,39,42,44,49,53,60,82H,7-12,15,17-18,20,23-24,31-38,40-41H2,1-6H3,(H,71,84)(H,73,83)(H,86,87)(H,72,75,76)/t44-,49+,53-,60+/m0/s1. The number of fused-ring (bicyclic) bond motifs is 2. The number of para-hydroxylation sites is 1. The van der Waals surface area contributed by atoms with Crippen LogP contribution in [0.4, 0.5) is 26.3 Å². The summed E-state index contributed by atoms with van der Waals surface area (Å²) >= 11 is 4.45. The van der Waals surface area contributed by atoms with Gasteiger partial charge in [0, 0.05) is 73.7 Å². The van der Waals surface area contributed by atoms with E-state index in [1.807, 2.05) is 100 Å². The van der Waals surface area contributed by atoms with E-state index >= 15 is 4.39 Å². The molecule has 0 bridgehead atoms. The van der Waals surface area contributed by atoms with Crippen molar-refractivity contribution in [3.8, 4) is 28.0 Å². The third-order valence-corrected chi connectivity index (χ3v) is 20.3. The average Bonchev–Trinajstić information content (AvgIpc) is 2.54. The van der Waals surface area contributed by atoms with E-state index in [1.165, 1.54) is 22.3 Å². The van der Waals surface area contributed by atoms with Gasteiger partial charge in [-0.25, -0.2) is 24.1 Å². The SMILES string of the molecule is Cc1ncsc1-c1ccc([C@H](C)NC(=O)[C@@H]2C[C@@H](O)CN2C(=O)[C@@H](NC(=O)CCCCCCCCCN2CCN(CC#Cc3ccc(OCCCc4sc(N5CCCc6c5nnc(Nc5nc7ccccc7s5)c6C)nc4C(=O)O)c(F)c3)CC2)C(C)(C)C)cc1. The van der Waals surface area contributed by atoms with Crippen molar-refractivity contribution in [2.24, 2.45) is 5.41 Å². The first kappa shape index (κ1) is 66.5. The van der Waals surface area contributed by atoms with Crippen molar-refractivity contribution in [3.63, 3.8) is 0 Å². The topological polar surface area (TPSA) is 231 Å². The number of halogens is 1. The van der Waals surface area contributed by atoms with Crippen LogP contribution in [0, 0.1) is 36.9 Å². The van der Waals surface area contributed by atoms with E-state index in [1.54, 1.807) is 34.8 Å². The van der Waals surface area contributed by atoms with Gasteiger partial charge in [0.05, 0.1) is 51.6 Å². The van der Waals surface area contributed by atoms with Gasteiger partial charge in [0.15, 0.2) is 39.2 Å². The highest BCUT2D eigenvalue weighted by Gasteiger charge is 2.45. The van der Waals surface area contributed by atoms with Gasteiger partial charge in [-0.15, -0.1) is 32.9 Å². The number of thiazole rings is 3. The largest absolute Gasteiger partial charge is 0.491 e. The molecule has 2 saturated heterocycles. The van der Waals surface area contributed by atoms with Gasteiger partial charge in [-0.3, -0.25) is 19.3 Å². The Bertz CT molecular complexity index is 3700. The van der Waals surface area contributed by atoms with Gasteiger partial charge < -0.3 is 45.6 Å². The number of carboxylic acid groups (broad SMARTS) is 1. The minimum Gasteiger partial charge on any atom is -0.491 e. The highest BCUT2D eigenvalue weighted by Crippen LogP contribution is 2.40. The quantitative estimate of drug-likeness (QED) is 0.0251. The first-order valence-electron chi connectivity index (χ1n) is 31.8. The zero-order valence-electron chi connectivity index (χ0n) is 52.9. The van der Waals surface area contributed by atoms with Crippen LogP contribution in [-0.2, 0) is 27.2 Å². The molecule has 3 aliphatic heterocycles. The van der Waals surface area contributed by atoms with Crippen molar-refractivity contribution in [1.82, 2.24) is 50.5 Å². The maximum Gasteiger partial charge on any atom is 0.355 e. The summed E-state index contributed by atoms with van der Waals surface area (Å²) in [7, 11) is 0. The number of aromatic nitrogens is 5. The van der Waals surface area contributed by atoms with Gasteiger partial charge in [0.2, 0.25) is 17.7 Å². The lowest BCUT2D eigenvalue weighted by Crippen LogP contribution is -2.57. The number of anilines is 4. The first-order chi connectivity index (χ1) is 43.9. The summed E-state index contributed by atoms with van der Waals surface area (Å²) in [6.45, 7) is 17.9. The second-order valence-corrected chi connectivity index (χ2v) is 28.0. The first-order valence-corrected chi connectivity index (χ1v) is 34.3. The minimum atomic E-state index is -1.11. The number of nitrogens with zero attached hydrogens (tertiary/aromatic N) is 9. The fourth-order valence-electron chi connectivity index (χ4n) is 12.0. The van der Waals surface area contributed by atoms with E-state index in [0.717, 1.165) is 139 Å². The van der Waals surface area contributed by atoms with Crippen LogP contribution < -0.4 is 25.6 Å². The summed E-state index contributed by atoms with van der Waals surface area (Å²) in [5, 5.41) is 40.7. The van der Waals surface area contributed by atoms with E-state index in [9.17, 15) is 29.4 Å². The number of hydrogen-bond acceptors (Lipinski definition) is 18. The van der Waals surface area contributed by atoms with Crippen molar-refractivity contribution < 1.29 is 38.5 Å². The van der Waals surface area contributed by atoms with Crippen LogP contribution in [0.3, 0.4) is 0 Å². The molecule has 4 aromatic heterocycles. The molecule has 0 saturated carbocycles. The number of aromatic carboxylic acids is 1. The summed E-state index contributed by atoms with van der Waals surface area (Å²) in [6.07, 6.45) is 9.27. The lowest BCUT2D eigenvalue weighted by molar-refractivity contribution is -0.144. The fourth-order valence-corrected chi connectivity index (χ4v) is 14.8. The number of unbranched alkanes of at least 4 members (excludes halogenated alkanes) is 6. The fraction of sp³-hybridized carbons (Fsp3) is 0.485. The third kappa shape index (κ3) is 17.2. The van der Waals surface area contributed by atoms with E-state index in [0.29, 0.717) is 59.6 Å². The molecule has 0 spiro atoms. The lowest BCUT2D eigenvalue weighted by Gasteiger charge is -2.35. The monoisotopic (exact) mass is 1290 g/mol. The van der Waals surface area contributed by atoms with Crippen LogP contribution in [-0.4, -0.2) is 151 Å². The number of β-amino-alcohol motifs (C(OH)–C–C–N with tert-alkyl or cyclic N) is 1. The number of amides is 3. The second-order valence-electron chi connectivity index (χ2n) is 25.0. The molecule has 19 nitrogen and oxygen atoms in total. The van der Waals surface area contributed by atoms with Gasteiger partial charge in [-0.05, 0) is 113 Å². The zero-order chi connectivity index (χ0) is 64.2. The Kier molecular flexibility index (Phi) is 22.5. The number of hydrogen-bond donors (Lipinski definition) is 5. The molecule has 3 amide bonds. The average molecular weight is 1300 g/mol. The Morgan fingerprint density at radius 2 is 1.62 bits per heavy atom. The Morgan fingerprint density at radius 1 is 0.868 bits per heavy atom. The van der Waals surface area contributed by atoms with Crippen LogP contribution >= 0.6 is 34.0 Å². The van der Waals surface area contributed by atoms with E-state index < -0.39 is 35.4 Å². The van der Waals surface area contributed by atoms with Crippen molar-refractivity contribution >= 4 is 89.8 Å². The van der Waals surface area contributed by atoms with E-state index in [2.05, 4.69) is 62.7 Å². The van der Waals surface area contributed by atoms with E-state index in [4.69, 9.17) is 4.74 Å². The third-order valence-electron chi connectivity index (χ3n) is 17.2. The number of carbonyl (C=O) groups is 4. The normalized spacial score (nSPS) is 16.9. The molecule has 7 heterocycles. The molecule has 482 valence electrons. The van der Waals surface area contributed by atoms with Crippen molar-refractivity contribution in [3.05, 3.63) is 117 Å². The molecule has 7 aromatic rings. The predicted octanol–water partition coefficient (Wildman–Crippen LogP) is 11.4. The number of aliphatic hydroxyl groups excluding tert-OH is 1. The van der Waals surface area contributed by atoms with Crippen molar-refractivity contribution in [1.29, 1.82) is 0 Å². The Labute approximate surface area is 544 Å². The Hall–Kier alpha value is -7.46. The number of carboxylic acids is 1. The summed E-state index contributed by atoms with van der Waals surface area (Å²) in [4.78, 5) is 77.1. The number of likely N-dealkylation sites (tertiary alicyclic amines) is 1. The van der Waals surface area contributed by atoms with E-state index in [-0.39, 0.29) is 54.8 Å².